The molecule has 0 spiro atoms. The van der Waals surface area contributed by atoms with Crippen molar-refractivity contribution in [2.75, 3.05) is 6.61 Å². The summed E-state index contributed by atoms with van der Waals surface area (Å²) < 4.78 is 7.62. The van der Waals surface area contributed by atoms with Crippen molar-refractivity contribution in [1.82, 2.24) is 9.55 Å². The number of nitrogens with zero attached hydrogens (tertiary/aromatic N) is 2. The number of carboxylic acids is 1. The molecular formula is C13H14N2O3. The van der Waals surface area contributed by atoms with E-state index in [4.69, 9.17) is 9.84 Å². The number of aromatic carboxylic acids is 1. The van der Waals surface area contributed by atoms with Crippen molar-refractivity contribution in [3.63, 3.8) is 0 Å². The van der Waals surface area contributed by atoms with Crippen LogP contribution in [0.15, 0.2) is 24.5 Å². The summed E-state index contributed by atoms with van der Waals surface area (Å²) >= 11 is 0. The zero-order valence-corrected chi connectivity index (χ0v) is 9.87. The van der Waals surface area contributed by atoms with E-state index in [1.54, 1.807) is 24.5 Å². The molecule has 0 saturated carbocycles. The van der Waals surface area contributed by atoms with Crippen LogP contribution in [0.1, 0.15) is 23.2 Å². The SMILES string of the molecule is O=C(O)c1ccc2c(c1)ncn2CC1CCCO1. The minimum absolute atomic E-state index is 0.251. The average Bonchev–Trinajstić information content (AvgIpc) is 2.99. The molecule has 0 radical (unpaired) electrons. The Bertz CT molecular complexity index is 585. The fourth-order valence-electron chi connectivity index (χ4n) is 2.35. The number of imidazole rings is 1. The van der Waals surface area contributed by atoms with E-state index in [0.717, 1.165) is 31.5 Å². The van der Waals surface area contributed by atoms with Gasteiger partial charge in [-0.05, 0) is 31.0 Å². The largest absolute Gasteiger partial charge is 0.478 e. The quantitative estimate of drug-likeness (QED) is 0.898. The molecule has 1 aliphatic heterocycles. The Labute approximate surface area is 104 Å². The maximum Gasteiger partial charge on any atom is 0.335 e. The first-order valence-corrected chi connectivity index (χ1v) is 6.04. The Kier molecular flexibility index (Phi) is 2.76. The zero-order chi connectivity index (χ0) is 12.5. The number of aromatic nitrogens is 2. The number of rotatable bonds is 3. The second-order valence-corrected chi connectivity index (χ2v) is 4.54. The molecule has 1 aromatic heterocycles. The molecule has 1 saturated heterocycles. The predicted octanol–water partition coefficient (Wildman–Crippen LogP) is 1.91. The smallest absolute Gasteiger partial charge is 0.335 e. The maximum atomic E-state index is 10.9. The zero-order valence-electron chi connectivity index (χ0n) is 9.87. The highest BCUT2D eigenvalue weighted by molar-refractivity contribution is 5.92. The third kappa shape index (κ3) is 1.97. The summed E-state index contributed by atoms with van der Waals surface area (Å²) in [7, 11) is 0. The first-order valence-electron chi connectivity index (χ1n) is 6.04. The Hall–Kier alpha value is -1.88. The highest BCUT2D eigenvalue weighted by Crippen LogP contribution is 2.19. The molecule has 0 bridgehead atoms. The van der Waals surface area contributed by atoms with Crippen molar-refractivity contribution in [2.45, 2.75) is 25.5 Å². The topological polar surface area (TPSA) is 64.3 Å². The summed E-state index contributed by atoms with van der Waals surface area (Å²) in [5.74, 6) is -0.925. The number of hydrogen-bond acceptors (Lipinski definition) is 3. The second kappa shape index (κ2) is 4.42. The van der Waals surface area contributed by atoms with E-state index in [2.05, 4.69) is 4.98 Å². The summed E-state index contributed by atoms with van der Waals surface area (Å²) in [6, 6.07) is 5.02. The molecule has 1 N–H and O–H groups in total. The van der Waals surface area contributed by atoms with E-state index in [1.807, 2.05) is 4.57 Å². The summed E-state index contributed by atoms with van der Waals surface area (Å²) in [4.78, 5) is 15.1. The Balaban J connectivity index is 1.91. The van der Waals surface area contributed by atoms with Crippen LogP contribution in [0, 0.1) is 0 Å². The van der Waals surface area contributed by atoms with Crippen LogP contribution < -0.4 is 0 Å². The average molecular weight is 246 g/mol. The van der Waals surface area contributed by atoms with Gasteiger partial charge in [-0.15, -0.1) is 0 Å². The van der Waals surface area contributed by atoms with Crippen LogP contribution in [-0.2, 0) is 11.3 Å². The first-order chi connectivity index (χ1) is 8.74. The van der Waals surface area contributed by atoms with Crippen LogP contribution in [0.4, 0.5) is 0 Å². The lowest BCUT2D eigenvalue weighted by molar-refractivity contribution is 0.0697. The van der Waals surface area contributed by atoms with Gasteiger partial charge in [0.05, 0.1) is 35.6 Å². The molecule has 5 heteroatoms. The third-order valence-corrected chi connectivity index (χ3v) is 3.29. The number of benzene rings is 1. The lowest BCUT2D eigenvalue weighted by atomic mass is 10.2. The second-order valence-electron chi connectivity index (χ2n) is 4.54. The summed E-state index contributed by atoms with van der Waals surface area (Å²) in [5, 5.41) is 8.93. The van der Waals surface area contributed by atoms with Gasteiger partial charge in [0.1, 0.15) is 0 Å². The van der Waals surface area contributed by atoms with Crippen LogP contribution in [0.25, 0.3) is 11.0 Å². The molecule has 1 aromatic carbocycles. The molecule has 94 valence electrons. The first kappa shape index (κ1) is 11.2. The normalized spacial score (nSPS) is 19.4. The van der Waals surface area contributed by atoms with Crippen molar-refractivity contribution in [3.8, 4) is 0 Å². The van der Waals surface area contributed by atoms with Crippen LogP contribution >= 0.6 is 0 Å². The molecule has 3 rings (SSSR count). The third-order valence-electron chi connectivity index (χ3n) is 3.29. The molecular weight excluding hydrogens is 232 g/mol. The van der Waals surface area contributed by atoms with E-state index >= 15 is 0 Å². The van der Waals surface area contributed by atoms with Gasteiger partial charge in [0.25, 0.3) is 0 Å². The standard InChI is InChI=1S/C13H14N2O3/c16-13(17)9-3-4-12-11(6-9)14-8-15(12)7-10-2-1-5-18-10/h3-4,6,8,10H,1-2,5,7H2,(H,16,17). The van der Waals surface area contributed by atoms with E-state index < -0.39 is 5.97 Å². The van der Waals surface area contributed by atoms with E-state index in [9.17, 15) is 4.79 Å². The van der Waals surface area contributed by atoms with Gasteiger partial charge in [-0.25, -0.2) is 9.78 Å². The Morgan fingerprint density at radius 3 is 3.17 bits per heavy atom. The lowest BCUT2D eigenvalue weighted by Crippen LogP contribution is -2.14. The van der Waals surface area contributed by atoms with Crippen molar-refractivity contribution in [2.24, 2.45) is 0 Å². The van der Waals surface area contributed by atoms with Gasteiger partial charge < -0.3 is 14.4 Å². The van der Waals surface area contributed by atoms with Gasteiger partial charge in [-0.3, -0.25) is 0 Å². The van der Waals surface area contributed by atoms with Gasteiger partial charge >= 0.3 is 5.97 Å². The van der Waals surface area contributed by atoms with Gasteiger partial charge in [0, 0.05) is 6.61 Å². The van der Waals surface area contributed by atoms with Crippen molar-refractivity contribution in [3.05, 3.63) is 30.1 Å². The Morgan fingerprint density at radius 1 is 1.56 bits per heavy atom. The number of carboxylic acid groups (broad SMARTS) is 1. The highest BCUT2D eigenvalue weighted by atomic mass is 16.5. The predicted molar refractivity (Wildman–Crippen MR) is 65.7 cm³/mol. The molecule has 1 atom stereocenters. The van der Waals surface area contributed by atoms with Crippen molar-refractivity contribution in [1.29, 1.82) is 0 Å². The van der Waals surface area contributed by atoms with Crippen molar-refractivity contribution >= 4 is 17.0 Å². The molecule has 1 aliphatic rings. The molecule has 1 fully saturated rings. The fraction of sp³-hybridized carbons (Fsp3) is 0.385. The van der Waals surface area contributed by atoms with Crippen LogP contribution in [0.3, 0.4) is 0 Å². The van der Waals surface area contributed by atoms with Crippen LogP contribution in [0.5, 0.6) is 0 Å². The Morgan fingerprint density at radius 2 is 2.44 bits per heavy atom. The van der Waals surface area contributed by atoms with E-state index in [-0.39, 0.29) is 11.7 Å². The minimum atomic E-state index is -0.925. The van der Waals surface area contributed by atoms with Gasteiger partial charge in [0.2, 0.25) is 0 Å². The number of fused-ring (bicyclic) bond motifs is 1. The van der Waals surface area contributed by atoms with Gasteiger partial charge in [-0.2, -0.15) is 0 Å². The molecule has 0 aliphatic carbocycles. The monoisotopic (exact) mass is 246 g/mol. The molecule has 0 amide bonds. The number of hydrogen-bond donors (Lipinski definition) is 1. The van der Waals surface area contributed by atoms with Crippen LogP contribution in [0.2, 0.25) is 0 Å². The van der Waals surface area contributed by atoms with Crippen molar-refractivity contribution < 1.29 is 14.6 Å². The lowest BCUT2D eigenvalue weighted by Gasteiger charge is -2.10. The summed E-state index contributed by atoms with van der Waals surface area (Å²) in [6.45, 7) is 1.61. The molecule has 18 heavy (non-hydrogen) atoms. The molecule has 1 unspecified atom stereocenters. The summed E-state index contributed by atoms with van der Waals surface area (Å²) in [5.41, 5.74) is 1.94. The van der Waals surface area contributed by atoms with Gasteiger partial charge in [-0.1, -0.05) is 0 Å². The minimum Gasteiger partial charge on any atom is -0.478 e. The van der Waals surface area contributed by atoms with E-state index in [1.165, 1.54) is 0 Å². The molecule has 2 heterocycles. The van der Waals surface area contributed by atoms with Gasteiger partial charge in [0.15, 0.2) is 0 Å². The fourth-order valence-corrected chi connectivity index (χ4v) is 2.35. The number of carbonyl (C=O) groups is 1. The summed E-state index contributed by atoms with van der Waals surface area (Å²) in [6.07, 6.45) is 4.19. The molecule has 2 aromatic rings. The molecule has 5 nitrogen and oxygen atoms in total. The van der Waals surface area contributed by atoms with E-state index in [0.29, 0.717) is 5.52 Å². The maximum absolute atomic E-state index is 10.9. The van der Waals surface area contributed by atoms with Crippen LogP contribution in [-0.4, -0.2) is 33.3 Å². The highest BCUT2D eigenvalue weighted by Gasteiger charge is 2.17. The number of ether oxygens (including phenoxy) is 1.